The highest BCUT2D eigenvalue weighted by Gasteiger charge is 2.27. The van der Waals surface area contributed by atoms with Crippen molar-refractivity contribution < 1.29 is 9.50 Å². The highest BCUT2D eigenvalue weighted by Crippen LogP contribution is 2.42. The van der Waals surface area contributed by atoms with Crippen LogP contribution < -0.4 is 5.32 Å². The van der Waals surface area contributed by atoms with Gasteiger partial charge in [-0.3, -0.25) is 4.40 Å². The van der Waals surface area contributed by atoms with Crippen LogP contribution in [-0.4, -0.2) is 31.7 Å². The SMILES string of the molecule is OCc1cc2ncc(-c3cccc(N[C@H]4CCC[C@@H](F)C4)n3)n2cc1C1CC1. The summed E-state index contributed by atoms with van der Waals surface area (Å²) in [6.45, 7) is 0.0408. The van der Waals surface area contributed by atoms with Crippen LogP contribution in [0.1, 0.15) is 55.6 Å². The molecule has 2 N–H and O–H groups in total. The van der Waals surface area contributed by atoms with Gasteiger partial charge in [-0.1, -0.05) is 6.07 Å². The largest absolute Gasteiger partial charge is 0.392 e. The lowest BCUT2D eigenvalue weighted by Gasteiger charge is -2.26. The number of aliphatic hydroxyl groups excluding tert-OH is 1. The van der Waals surface area contributed by atoms with E-state index in [1.165, 1.54) is 18.4 Å². The van der Waals surface area contributed by atoms with E-state index in [1.54, 1.807) is 0 Å². The van der Waals surface area contributed by atoms with Gasteiger partial charge in [-0.2, -0.15) is 0 Å². The molecule has 5 rings (SSSR count). The number of imidazole rings is 1. The molecule has 2 fully saturated rings. The highest BCUT2D eigenvalue weighted by molar-refractivity contribution is 5.63. The topological polar surface area (TPSA) is 62.5 Å². The minimum Gasteiger partial charge on any atom is -0.392 e. The number of pyridine rings is 2. The summed E-state index contributed by atoms with van der Waals surface area (Å²) in [6, 6.07) is 8.01. The summed E-state index contributed by atoms with van der Waals surface area (Å²) in [5.74, 6) is 1.32. The van der Waals surface area contributed by atoms with Crippen LogP contribution in [0.5, 0.6) is 0 Å². The Balaban J connectivity index is 1.47. The van der Waals surface area contributed by atoms with Crippen molar-refractivity contribution in [1.82, 2.24) is 14.4 Å². The van der Waals surface area contributed by atoms with Crippen molar-refractivity contribution in [3.8, 4) is 11.4 Å². The zero-order valence-electron chi connectivity index (χ0n) is 15.8. The molecule has 0 saturated heterocycles. The fraction of sp³-hybridized carbons (Fsp3) is 0.455. The molecule has 3 aromatic heterocycles. The molecular weight excluding hydrogens is 355 g/mol. The third-order valence-electron chi connectivity index (χ3n) is 5.93. The summed E-state index contributed by atoms with van der Waals surface area (Å²) in [5.41, 5.74) is 4.75. The van der Waals surface area contributed by atoms with Gasteiger partial charge in [0.1, 0.15) is 17.6 Å². The van der Waals surface area contributed by atoms with E-state index in [0.717, 1.165) is 41.3 Å². The van der Waals surface area contributed by atoms with Crippen molar-refractivity contribution in [3.05, 3.63) is 47.8 Å². The molecule has 3 heterocycles. The normalized spacial score (nSPS) is 22.5. The van der Waals surface area contributed by atoms with Crippen LogP contribution in [0.2, 0.25) is 0 Å². The average Bonchev–Trinajstić information content (AvgIpc) is 3.47. The van der Waals surface area contributed by atoms with Crippen LogP contribution in [0.3, 0.4) is 0 Å². The summed E-state index contributed by atoms with van der Waals surface area (Å²) in [4.78, 5) is 9.30. The minimum absolute atomic E-state index is 0.0408. The Morgan fingerprint density at radius 3 is 2.89 bits per heavy atom. The number of fused-ring (bicyclic) bond motifs is 1. The molecule has 0 amide bonds. The highest BCUT2D eigenvalue weighted by atomic mass is 19.1. The van der Waals surface area contributed by atoms with Gasteiger partial charge in [0.05, 0.1) is 24.2 Å². The predicted octanol–water partition coefficient (Wildman–Crippen LogP) is 4.46. The average molecular weight is 380 g/mol. The molecule has 28 heavy (non-hydrogen) atoms. The van der Waals surface area contributed by atoms with E-state index in [4.69, 9.17) is 4.98 Å². The van der Waals surface area contributed by atoms with Gasteiger partial charge in [-0.25, -0.2) is 14.4 Å². The smallest absolute Gasteiger partial charge is 0.137 e. The number of nitrogens with zero attached hydrogens (tertiary/aromatic N) is 3. The number of aromatic nitrogens is 3. The first-order valence-electron chi connectivity index (χ1n) is 10.2. The third-order valence-corrected chi connectivity index (χ3v) is 5.93. The van der Waals surface area contributed by atoms with Crippen LogP contribution in [0.4, 0.5) is 10.2 Å². The van der Waals surface area contributed by atoms with Crippen LogP contribution in [0, 0.1) is 0 Å². The number of aliphatic hydroxyl groups is 1. The predicted molar refractivity (Wildman–Crippen MR) is 107 cm³/mol. The number of nitrogens with one attached hydrogen (secondary N) is 1. The van der Waals surface area contributed by atoms with E-state index in [9.17, 15) is 9.50 Å². The molecule has 2 atom stereocenters. The standard InChI is InChI=1S/C22H25FN4O/c23-16-3-1-4-17(10-16)25-21-6-2-5-19(26-21)20-11-24-22-9-15(13-28)18(12-27(20)22)14-7-8-14/h2,5-6,9,11-12,14,16-17,28H,1,3-4,7-8,10,13H2,(H,25,26)/t16-,17+/m1/s1. The van der Waals surface area contributed by atoms with E-state index >= 15 is 0 Å². The van der Waals surface area contributed by atoms with E-state index < -0.39 is 6.17 Å². The van der Waals surface area contributed by atoms with Crippen molar-refractivity contribution in [3.63, 3.8) is 0 Å². The first-order valence-corrected chi connectivity index (χ1v) is 10.2. The Morgan fingerprint density at radius 2 is 2.11 bits per heavy atom. The number of rotatable bonds is 5. The first kappa shape index (κ1) is 17.6. The summed E-state index contributed by atoms with van der Waals surface area (Å²) in [7, 11) is 0. The lowest BCUT2D eigenvalue weighted by atomic mass is 9.94. The number of alkyl halides is 1. The summed E-state index contributed by atoms with van der Waals surface area (Å²) < 4.78 is 15.8. The van der Waals surface area contributed by atoms with Crippen molar-refractivity contribution in [2.75, 3.05) is 5.32 Å². The second-order valence-corrected chi connectivity index (χ2v) is 8.07. The molecule has 0 aliphatic heterocycles. The maximum absolute atomic E-state index is 13.7. The maximum atomic E-state index is 13.7. The quantitative estimate of drug-likeness (QED) is 0.686. The lowest BCUT2D eigenvalue weighted by molar-refractivity contribution is 0.239. The molecule has 5 nitrogen and oxygen atoms in total. The molecular formula is C22H25FN4O. The Bertz CT molecular complexity index is 997. The Morgan fingerprint density at radius 1 is 1.21 bits per heavy atom. The van der Waals surface area contributed by atoms with Crippen molar-refractivity contribution >= 4 is 11.5 Å². The van der Waals surface area contributed by atoms with Crippen molar-refractivity contribution in [2.45, 2.75) is 63.3 Å². The van der Waals surface area contributed by atoms with Crippen LogP contribution in [-0.2, 0) is 6.61 Å². The van der Waals surface area contributed by atoms with E-state index in [2.05, 4.69) is 20.9 Å². The third kappa shape index (κ3) is 3.37. The van der Waals surface area contributed by atoms with Crippen molar-refractivity contribution in [2.24, 2.45) is 0 Å². The zero-order valence-corrected chi connectivity index (χ0v) is 15.8. The Hall–Kier alpha value is -2.47. The Kier molecular flexibility index (Phi) is 4.51. The van der Waals surface area contributed by atoms with Crippen molar-refractivity contribution in [1.29, 1.82) is 0 Å². The van der Waals surface area contributed by atoms with Crippen LogP contribution >= 0.6 is 0 Å². The fourth-order valence-corrected chi connectivity index (χ4v) is 4.30. The summed E-state index contributed by atoms with van der Waals surface area (Å²) in [6.07, 6.45) is 8.71. The van der Waals surface area contributed by atoms with Crippen LogP contribution in [0.15, 0.2) is 36.7 Å². The molecule has 0 unspecified atom stereocenters. The number of halogens is 1. The fourth-order valence-electron chi connectivity index (χ4n) is 4.30. The number of hydrogen-bond acceptors (Lipinski definition) is 4. The molecule has 146 valence electrons. The molecule has 6 heteroatoms. The van der Waals surface area contributed by atoms with Gasteiger partial charge in [0, 0.05) is 12.2 Å². The number of anilines is 1. The van der Waals surface area contributed by atoms with Gasteiger partial charge < -0.3 is 10.4 Å². The molecule has 0 aromatic carbocycles. The summed E-state index contributed by atoms with van der Waals surface area (Å²) in [5, 5.41) is 13.1. The van der Waals surface area contributed by atoms with Gasteiger partial charge in [0.15, 0.2) is 0 Å². The molecule has 2 aliphatic rings. The second-order valence-electron chi connectivity index (χ2n) is 8.07. The molecule has 2 aliphatic carbocycles. The molecule has 0 spiro atoms. The van der Waals surface area contributed by atoms with Gasteiger partial charge in [-0.05, 0) is 73.8 Å². The molecule has 2 saturated carbocycles. The van der Waals surface area contributed by atoms with Crippen LogP contribution in [0.25, 0.3) is 17.0 Å². The molecule has 3 aromatic rings. The Labute approximate surface area is 163 Å². The van der Waals surface area contributed by atoms with Gasteiger partial charge in [0.2, 0.25) is 0 Å². The monoisotopic (exact) mass is 380 g/mol. The zero-order chi connectivity index (χ0) is 19.1. The molecule has 0 bridgehead atoms. The second kappa shape index (κ2) is 7.17. The van der Waals surface area contributed by atoms with Gasteiger partial charge in [0.25, 0.3) is 0 Å². The minimum atomic E-state index is -0.713. The maximum Gasteiger partial charge on any atom is 0.137 e. The van der Waals surface area contributed by atoms with Gasteiger partial charge >= 0.3 is 0 Å². The first-order chi connectivity index (χ1) is 13.7. The van der Waals surface area contributed by atoms with E-state index in [1.807, 2.05) is 30.5 Å². The van der Waals surface area contributed by atoms with E-state index in [0.29, 0.717) is 18.8 Å². The van der Waals surface area contributed by atoms with Gasteiger partial charge in [-0.15, -0.1) is 0 Å². The number of hydrogen-bond donors (Lipinski definition) is 2. The van der Waals surface area contributed by atoms with E-state index in [-0.39, 0.29) is 12.6 Å². The molecule has 0 radical (unpaired) electrons. The lowest BCUT2D eigenvalue weighted by Crippen LogP contribution is -2.28. The summed E-state index contributed by atoms with van der Waals surface area (Å²) >= 11 is 0.